The van der Waals surface area contributed by atoms with Gasteiger partial charge >= 0.3 is 6.18 Å². The largest absolute Gasteiger partial charge is 0.433 e. The van der Waals surface area contributed by atoms with Crippen LogP contribution >= 0.6 is 0 Å². The molecule has 4 nitrogen and oxygen atoms in total. The van der Waals surface area contributed by atoms with Crippen molar-refractivity contribution in [1.82, 2.24) is 9.88 Å². The van der Waals surface area contributed by atoms with Gasteiger partial charge in [-0.3, -0.25) is 0 Å². The van der Waals surface area contributed by atoms with Crippen LogP contribution in [0, 0.1) is 17.2 Å². The Morgan fingerprint density at radius 3 is 2.38 bits per heavy atom. The van der Waals surface area contributed by atoms with Crippen LogP contribution in [0.3, 0.4) is 0 Å². The minimum atomic E-state index is -4.53. The number of aromatic nitrogens is 1. The van der Waals surface area contributed by atoms with Gasteiger partial charge in [0, 0.05) is 12.6 Å². The molecule has 1 heterocycles. The highest BCUT2D eigenvalue weighted by atomic mass is 19.4. The summed E-state index contributed by atoms with van der Waals surface area (Å²) in [5.74, 6) is 0.156. The molecule has 21 heavy (non-hydrogen) atoms. The molecule has 0 spiro atoms. The second-order valence-corrected chi connectivity index (χ2v) is 5.46. The van der Waals surface area contributed by atoms with Crippen molar-refractivity contribution >= 4 is 5.82 Å². The summed E-state index contributed by atoms with van der Waals surface area (Å²) in [5.41, 5.74) is -0.899. The number of hydrogen-bond donors (Lipinski definition) is 1. The van der Waals surface area contributed by atoms with E-state index in [1.165, 1.54) is 0 Å². The van der Waals surface area contributed by atoms with Crippen LogP contribution in [0.25, 0.3) is 0 Å². The van der Waals surface area contributed by atoms with Crippen LogP contribution in [0.15, 0.2) is 12.1 Å². The Balaban J connectivity index is 3.12. The van der Waals surface area contributed by atoms with E-state index in [-0.39, 0.29) is 23.3 Å². The maximum Gasteiger partial charge on any atom is 0.433 e. The summed E-state index contributed by atoms with van der Waals surface area (Å²) in [5, 5.41) is 12.0. The Hall–Kier alpha value is -1.81. The molecule has 0 saturated carbocycles. The van der Waals surface area contributed by atoms with Gasteiger partial charge in [0.05, 0.1) is 5.56 Å². The maximum atomic E-state index is 12.7. The van der Waals surface area contributed by atoms with Crippen molar-refractivity contribution in [2.24, 2.45) is 5.92 Å². The van der Waals surface area contributed by atoms with Crippen LogP contribution in [0.5, 0.6) is 0 Å². The van der Waals surface area contributed by atoms with E-state index < -0.39 is 11.9 Å². The lowest BCUT2D eigenvalue weighted by molar-refractivity contribution is -0.141. The fourth-order valence-corrected chi connectivity index (χ4v) is 1.81. The van der Waals surface area contributed by atoms with Crippen molar-refractivity contribution < 1.29 is 13.2 Å². The van der Waals surface area contributed by atoms with Crippen molar-refractivity contribution in [2.75, 3.05) is 26.0 Å². The second kappa shape index (κ2) is 6.76. The van der Waals surface area contributed by atoms with E-state index in [1.807, 2.05) is 38.9 Å². The molecule has 1 aromatic heterocycles. The zero-order chi connectivity index (χ0) is 16.2. The number of likely N-dealkylation sites (N-methyl/N-ethyl adjacent to an activating group) is 1. The molecule has 0 fully saturated rings. The van der Waals surface area contributed by atoms with E-state index in [1.54, 1.807) is 0 Å². The normalized spacial score (nSPS) is 13.3. The molecule has 1 N–H and O–H groups in total. The first-order valence-electron chi connectivity index (χ1n) is 6.54. The number of nitrogens with zero attached hydrogens (tertiary/aromatic N) is 3. The smallest absolute Gasteiger partial charge is 0.365 e. The Labute approximate surface area is 122 Å². The van der Waals surface area contributed by atoms with Crippen molar-refractivity contribution in [3.8, 4) is 6.07 Å². The lowest BCUT2D eigenvalue weighted by atomic mass is 10.0. The minimum Gasteiger partial charge on any atom is -0.365 e. The molecule has 0 aromatic carbocycles. The van der Waals surface area contributed by atoms with E-state index in [0.29, 0.717) is 6.54 Å². The Morgan fingerprint density at radius 1 is 1.33 bits per heavy atom. The van der Waals surface area contributed by atoms with Gasteiger partial charge < -0.3 is 10.2 Å². The monoisotopic (exact) mass is 300 g/mol. The zero-order valence-electron chi connectivity index (χ0n) is 12.5. The van der Waals surface area contributed by atoms with Crippen molar-refractivity contribution in [1.29, 1.82) is 5.26 Å². The van der Waals surface area contributed by atoms with Crippen LogP contribution in [0.2, 0.25) is 0 Å². The van der Waals surface area contributed by atoms with Crippen LogP contribution in [-0.2, 0) is 6.18 Å². The quantitative estimate of drug-likeness (QED) is 0.908. The van der Waals surface area contributed by atoms with Gasteiger partial charge in [-0.05, 0) is 32.1 Å². The van der Waals surface area contributed by atoms with Gasteiger partial charge in [-0.1, -0.05) is 13.8 Å². The van der Waals surface area contributed by atoms with Crippen molar-refractivity contribution in [2.45, 2.75) is 26.1 Å². The number of nitrogens with one attached hydrogen (secondary N) is 1. The number of rotatable bonds is 5. The number of halogens is 3. The van der Waals surface area contributed by atoms with E-state index in [9.17, 15) is 13.2 Å². The van der Waals surface area contributed by atoms with Crippen molar-refractivity contribution in [3.63, 3.8) is 0 Å². The summed E-state index contributed by atoms with van der Waals surface area (Å²) in [7, 11) is 3.75. The molecule has 0 aliphatic rings. The first-order valence-corrected chi connectivity index (χ1v) is 6.54. The molecule has 1 unspecified atom stereocenters. The van der Waals surface area contributed by atoms with Crippen LogP contribution in [0.1, 0.15) is 25.1 Å². The molecular formula is C14H19F3N4. The third-order valence-electron chi connectivity index (χ3n) is 2.99. The number of pyridine rings is 1. The van der Waals surface area contributed by atoms with Gasteiger partial charge in [-0.15, -0.1) is 0 Å². The van der Waals surface area contributed by atoms with Gasteiger partial charge in [-0.2, -0.15) is 18.4 Å². The van der Waals surface area contributed by atoms with Gasteiger partial charge in [-0.25, -0.2) is 4.98 Å². The van der Waals surface area contributed by atoms with Gasteiger partial charge in [0.2, 0.25) is 0 Å². The number of alkyl halides is 3. The Morgan fingerprint density at radius 2 is 1.95 bits per heavy atom. The minimum absolute atomic E-state index is 0.0205. The molecule has 0 radical (unpaired) electrons. The zero-order valence-corrected chi connectivity index (χ0v) is 12.5. The summed E-state index contributed by atoms with van der Waals surface area (Å²) >= 11 is 0. The molecule has 7 heteroatoms. The van der Waals surface area contributed by atoms with Gasteiger partial charge in [0.1, 0.15) is 17.6 Å². The van der Waals surface area contributed by atoms with E-state index >= 15 is 0 Å². The fraction of sp³-hybridized carbons (Fsp3) is 0.571. The molecule has 1 atom stereocenters. The summed E-state index contributed by atoms with van der Waals surface area (Å²) in [4.78, 5) is 5.50. The Bertz CT molecular complexity index is 518. The van der Waals surface area contributed by atoms with Crippen LogP contribution in [0.4, 0.5) is 19.0 Å². The van der Waals surface area contributed by atoms with E-state index in [4.69, 9.17) is 5.26 Å². The molecular weight excluding hydrogens is 281 g/mol. The summed E-state index contributed by atoms with van der Waals surface area (Å²) < 4.78 is 38.2. The molecule has 0 amide bonds. The summed E-state index contributed by atoms with van der Waals surface area (Å²) in [6.45, 7) is 4.54. The summed E-state index contributed by atoms with van der Waals surface area (Å²) in [6.07, 6.45) is -4.53. The summed E-state index contributed by atoms with van der Waals surface area (Å²) in [6, 6.07) is 3.72. The average molecular weight is 300 g/mol. The third-order valence-corrected chi connectivity index (χ3v) is 2.99. The lowest BCUT2D eigenvalue weighted by Crippen LogP contribution is -2.37. The van der Waals surface area contributed by atoms with Gasteiger partial charge in [0.15, 0.2) is 0 Å². The fourth-order valence-electron chi connectivity index (χ4n) is 1.81. The lowest BCUT2D eigenvalue weighted by Gasteiger charge is -2.26. The van der Waals surface area contributed by atoms with E-state index in [0.717, 1.165) is 12.1 Å². The number of hydrogen-bond acceptors (Lipinski definition) is 4. The maximum absolute atomic E-state index is 12.7. The van der Waals surface area contributed by atoms with Gasteiger partial charge in [0.25, 0.3) is 0 Å². The van der Waals surface area contributed by atoms with E-state index in [2.05, 4.69) is 10.3 Å². The first-order chi connectivity index (χ1) is 9.65. The van der Waals surface area contributed by atoms with Crippen molar-refractivity contribution in [3.05, 3.63) is 23.4 Å². The predicted octanol–water partition coefficient (Wildman–Crippen LogP) is 2.97. The SMILES string of the molecule is CC(C)C(CN(C)C)Nc1nc(C(F)(F)F)ccc1C#N. The number of anilines is 1. The topological polar surface area (TPSA) is 52.0 Å². The average Bonchev–Trinajstić information content (AvgIpc) is 2.36. The third kappa shape index (κ3) is 4.90. The molecule has 116 valence electrons. The standard InChI is InChI=1S/C14H19F3N4/c1-9(2)11(8-21(3)4)19-13-10(7-18)5-6-12(20-13)14(15,16)17/h5-6,9,11H,8H2,1-4H3,(H,19,20). The molecule has 0 bridgehead atoms. The molecule has 0 saturated heterocycles. The highest BCUT2D eigenvalue weighted by molar-refractivity contribution is 5.53. The highest BCUT2D eigenvalue weighted by Gasteiger charge is 2.33. The Kier molecular flexibility index (Phi) is 5.55. The van der Waals surface area contributed by atoms with Crippen LogP contribution in [-0.4, -0.2) is 36.6 Å². The number of nitriles is 1. The first kappa shape index (κ1) is 17.2. The molecule has 1 rings (SSSR count). The molecule has 1 aromatic rings. The van der Waals surface area contributed by atoms with Crippen LogP contribution < -0.4 is 5.32 Å². The predicted molar refractivity (Wildman–Crippen MR) is 74.8 cm³/mol. The highest BCUT2D eigenvalue weighted by Crippen LogP contribution is 2.29. The second-order valence-electron chi connectivity index (χ2n) is 5.46. The molecule has 0 aliphatic carbocycles. The molecule has 0 aliphatic heterocycles.